The van der Waals surface area contributed by atoms with Gasteiger partial charge in [0.25, 0.3) is 0 Å². The zero-order chi connectivity index (χ0) is 21.5. The number of aromatic hydroxyl groups is 1. The molecule has 1 aliphatic heterocycles. The third-order valence-electron chi connectivity index (χ3n) is 5.64. The van der Waals surface area contributed by atoms with Crippen LogP contribution in [0.3, 0.4) is 0 Å². The Kier molecular flexibility index (Phi) is 5.16. The molecule has 1 N–H and O–H groups in total. The van der Waals surface area contributed by atoms with E-state index in [1.54, 1.807) is 30.3 Å². The SMILES string of the molecule is Oc1ccccc1-c1nc(N2CCCC2c2ccc(Cl)c(Cl)c2)c2cc(F)ccc2n1. The Bertz CT molecular complexity index is 1300. The van der Waals surface area contributed by atoms with Crippen LogP contribution in [0.2, 0.25) is 10.0 Å². The summed E-state index contributed by atoms with van der Waals surface area (Å²) >= 11 is 12.4. The van der Waals surface area contributed by atoms with Crippen LogP contribution in [-0.2, 0) is 0 Å². The molecule has 31 heavy (non-hydrogen) atoms. The summed E-state index contributed by atoms with van der Waals surface area (Å²) in [6.07, 6.45) is 1.86. The Hall–Kier alpha value is -2.89. The molecule has 156 valence electrons. The van der Waals surface area contributed by atoms with E-state index >= 15 is 0 Å². The molecule has 1 unspecified atom stereocenters. The number of benzene rings is 3. The smallest absolute Gasteiger partial charge is 0.165 e. The quantitative estimate of drug-likeness (QED) is 0.370. The fourth-order valence-electron chi connectivity index (χ4n) is 4.17. The van der Waals surface area contributed by atoms with E-state index in [1.807, 2.05) is 18.2 Å². The summed E-state index contributed by atoms with van der Waals surface area (Å²) in [6, 6.07) is 17.1. The number of rotatable bonds is 3. The van der Waals surface area contributed by atoms with E-state index in [2.05, 4.69) is 9.88 Å². The number of phenolic OH excluding ortho intramolecular Hbond substituents is 1. The molecule has 1 fully saturated rings. The summed E-state index contributed by atoms with van der Waals surface area (Å²) in [5, 5.41) is 12.0. The first kappa shape index (κ1) is 20.0. The van der Waals surface area contributed by atoms with E-state index in [9.17, 15) is 9.50 Å². The Morgan fingerprint density at radius 1 is 0.968 bits per heavy atom. The maximum atomic E-state index is 14.2. The van der Waals surface area contributed by atoms with E-state index in [1.165, 1.54) is 12.1 Å². The molecule has 0 saturated carbocycles. The van der Waals surface area contributed by atoms with Gasteiger partial charge in [-0.1, -0.05) is 41.4 Å². The van der Waals surface area contributed by atoms with Crippen molar-refractivity contribution >= 4 is 39.9 Å². The third kappa shape index (κ3) is 3.68. The Labute approximate surface area is 188 Å². The van der Waals surface area contributed by atoms with Crippen molar-refractivity contribution in [3.63, 3.8) is 0 Å². The van der Waals surface area contributed by atoms with Gasteiger partial charge in [-0.25, -0.2) is 14.4 Å². The van der Waals surface area contributed by atoms with E-state index in [0.717, 1.165) is 24.9 Å². The molecule has 3 aromatic carbocycles. The highest BCUT2D eigenvalue weighted by Gasteiger charge is 2.30. The standard InChI is InChI=1S/C24H18Cl2FN3O/c25-18-9-7-14(12-19(18)26)21-5-3-11-30(21)24-17-13-15(27)8-10-20(17)28-23(29-24)16-4-1-2-6-22(16)31/h1-2,4,6-10,12-13,21,31H,3,5,11H2. The summed E-state index contributed by atoms with van der Waals surface area (Å²) in [5.41, 5.74) is 2.17. The van der Waals surface area contributed by atoms with E-state index < -0.39 is 0 Å². The Morgan fingerprint density at radius 3 is 2.61 bits per heavy atom. The molecular formula is C24H18Cl2FN3O. The monoisotopic (exact) mass is 453 g/mol. The molecule has 4 nitrogen and oxygen atoms in total. The maximum absolute atomic E-state index is 14.2. The van der Waals surface area contributed by atoms with Crippen molar-refractivity contribution in [1.29, 1.82) is 0 Å². The highest BCUT2D eigenvalue weighted by molar-refractivity contribution is 6.42. The molecule has 1 aliphatic rings. The van der Waals surface area contributed by atoms with E-state index in [0.29, 0.717) is 38.2 Å². The van der Waals surface area contributed by atoms with E-state index in [4.69, 9.17) is 28.2 Å². The first-order valence-electron chi connectivity index (χ1n) is 9.98. The zero-order valence-electron chi connectivity index (χ0n) is 16.4. The van der Waals surface area contributed by atoms with Crippen LogP contribution < -0.4 is 4.90 Å². The minimum absolute atomic E-state index is 0.0216. The fourth-order valence-corrected chi connectivity index (χ4v) is 4.48. The number of hydrogen-bond acceptors (Lipinski definition) is 4. The summed E-state index contributed by atoms with van der Waals surface area (Å²) in [7, 11) is 0. The highest BCUT2D eigenvalue weighted by Crippen LogP contribution is 2.41. The molecule has 0 spiro atoms. The van der Waals surface area contributed by atoms with Gasteiger partial charge in [0.2, 0.25) is 0 Å². The number of halogens is 3. The van der Waals surface area contributed by atoms with Gasteiger partial charge in [0, 0.05) is 11.9 Å². The van der Waals surface area contributed by atoms with Gasteiger partial charge in [0.05, 0.1) is 27.2 Å². The normalized spacial score (nSPS) is 16.2. The van der Waals surface area contributed by atoms with Crippen LogP contribution in [0.4, 0.5) is 10.2 Å². The van der Waals surface area contributed by atoms with Gasteiger partial charge in [-0.15, -0.1) is 0 Å². The molecule has 0 aliphatic carbocycles. The molecule has 0 bridgehead atoms. The highest BCUT2D eigenvalue weighted by atomic mass is 35.5. The molecule has 7 heteroatoms. The number of aromatic nitrogens is 2. The van der Waals surface area contributed by atoms with Crippen molar-refractivity contribution in [1.82, 2.24) is 9.97 Å². The number of hydrogen-bond donors (Lipinski definition) is 1. The van der Waals surface area contributed by atoms with Crippen molar-refractivity contribution in [3.8, 4) is 17.1 Å². The topological polar surface area (TPSA) is 49.3 Å². The average Bonchev–Trinajstić information content (AvgIpc) is 3.25. The predicted molar refractivity (Wildman–Crippen MR) is 122 cm³/mol. The number of fused-ring (bicyclic) bond motifs is 1. The largest absolute Gasteiger partial charge is 0.507 e. The van der Waals surface area contributed by atoms with Crippen LogP contribution in [0.15, 0.2) is 60.7 Å². The summed E-state index contributed by atoms with van der Waals surface area (Å²) in [5.74, 6) is 0.777. The molecule has 0 radical (unpaired) electrons. The molecule has 0 amide bonds. The predicted octanol–water partition coefficient (Wildman–Crippen LogP) is 6.79. The summed E-state index contributed by atoms with van der Waals surface area (Å²) < 4.78 is 14.2. The van der Waals surface area contributed by atoms with Crippen molar-refractivity contribution in [2.24, 2.45) is 0 Å². The zero-order valence-corrected chi connectivity index (χ0v) is 17.9. The fraction of sp³-hybridized carbons (Fsp3) is 0.167. The van der Waals surface area contributed by atoms with Crippen molar-refractivity contribution in [2.45, 2.75) is 18.9 Å². The molecule has 1 atom stereocenters. The second-order valence-corrected chi connectivity index (χ2v) is 8.39. The minimum Gasteiger partial charge on any atom is -0.507 e. The number of anilines is 1. The van der Waals surface area contributed by atoms with Crippen LogP contribution >= 0.6 is 23.2 Å². The molecule has 2 heterocycles. The van der Waals surface area contributed by atoms with Crippen LogP contribution in [0.5, 0.6) is 5.75 Å². The van der Waals surface area contributed by atoms with Crippen LogP contribution in [-0.4, -0.2) is 21.6 Å². The summed E-state index contributed by atoms with van der Waals surface area (Å²) in [6.45, 7) is 0.758. The number of nitrogens with zero attached hydrogens (tertiary/aromatic N) is 3. The summed E-state index contributed by atoms with van der Waals surface area (Å²) in [4.78, 5) is 11.6. The first-order valence-corrected chi connectivity index (χ1v) is 10.7. The molecular weight excluding hydrogens is 436 g/mol. The number of phenols is 1. The lowest BCUT2D eigenvalue weighted by Crippen LogP contribution is -2.24. The molecule has 1 saturated heterocycles. The van der Waals surface area contributed by atoms with Crippen molar-refractivity contribution < 1.29 is 9.50 Å². The molecule has 1 aromatic heterocycles. The first-order chi connectivity index (χ1) is 15.0. The minimum atomic E-state index is -0.349. The van der Waals surface area contributed by atoms with E-state index in [-0.39, 0.29) is 17.6 Å². The Morgan fingerprint density at radius 2 is 1.81 bits per heavy atom. The Balaban J connectivity index is 1.69. The number of para-hydroxylation sites is 1. The molecule has 4 aromatic rings. The van der Waals surface area contributed by atoms with Gasteiger partial charge < -0.3 is 10.0 Å². The second kappa shape index (κ2) is 7.98. The van der Waals surface area contributed by atoms with Crippen molar-refractivity contribution in [3.05, 3.63) is 82.1 Å². The lowest BCUT2D eigenvalue weighted by molar-refractivity contribution is 0.477. The maximum Gasteiger partial charge on any atom is 0.165 e. The van der Waals surface area contributed by atoms with Gasteiger partial charge in [-0.3, -0.25) is 0 Å². The lowest BCUT2D eigenvalue weighted by atomic mass is 10.0. The van der Waals surface area contributed by atoms with Gasteiger partial charge in [0.1, 0.15) is 17.4 Å². The second-order valence-electron chi connectivity index (χ2n) is 7.57. The lowest BCUT2D eigenvalue weighted by Gasteiger charge is -2.28. The van der Waals surface area contributed by atoms with Gasteiger partial charge >= 0.3 is 0 Å². The van der Waals surface area contributed by atoms with Gasteiger partial charge in [-0.05, 0) is 60.9 Å². The van der Waals surface area contributed by atoms with Crippen LogP contribution in [0.25, 0.3) is 22.3 Å². The average molecular weight is 454 g/mol. The van der Waals surface area contributed by atoms with Gasteiger partial charge in [0.15, 0.2) is 5.82 Å². The van der Waals surface area contributed by atoms with Gasteiger partial charge in [-0.2, -0.15) is 0 Å². The van der Waals surface area contributed by atoms with Crippen molar-refractivity contribution in [2.75, 3.05) is 11.4 Å². The van der Waals surface area contributed by atoms with Crippen LogP contribution in [0, 0.1) is 5.82 Å². The van der Waals surface area contributed by atoms with Crippen LogP contribution in [0.1, 0.15) is 24.4 Å². The third-order valence-corrected chi connectivity index (χ3v) is 6.37. The molecule has 5 rings (SSSR count).